The van der Waals surface area contributed by atoms with Crippen molar-refractivity contribution in [1.82, 2.24) is 4.98 Å². The van der Waals surface area contributed by atoms with Crippen molar-refractivity contribution >= 4 is 45.8 Å². The number of Topliss-reactive ketones (excluding diaryl/α,β-unsaturated/α-hetero) is 1. The Morgan fingerprint density at radius 2 is 1.56 bits per heavy atom. The smallest absolute Gasteiger partial charge is 0.305 e. The average molecular weight is 820 g/mol. The first kappa shape index (κ1) is 49.4. The molecule has 0 spiro atoms. The van der Waals surface area contributed by atoms with Crippen LogP contribution in [0.3, 0.4) is 0 Å². The number of carbonyl (C=O) groups excluding carboxylic acids is 1. The maximum Gasteiger partial charge on any atom is 0.305 e. The summed E-state index contributed by atoms with van der Waals surface area (Å²) in [5.41, 5.74) is 3.37. The largest absolute Gasteiger partial charge is 0.481 e. The standard InChI is InChI=1S/C44H77NO7SSi2/c1-30(24-25-36(51-54(14,15)42(6,7)8)32(3)27-35-29-53-34(5)45-35)21-20-22-31(2)40(50-39-23-18-19-26-49-39)33(4)41(48)44(12,13)37(28-38(46)47)52-55(16,17)43(9,10)11/h22,24,27,29,33,36-37,39-40H,18-21,23,25-26,28H2,1-17H3,(H,46,47)/b30-24+,31-22+,32-27+/t33-,36+,37+,39?,40+/m1/s1. The Labute approximate surface area is 341 Å². The predicted molar refractivity (Wildman–Crippen MR) is 235 cm³/mol. The van der Waals surface area contributed by atoms with Gasteiger partial charge in [-0.05, 0) is 120 Å². The van der Waals surface area contributed by atoms with E-state index in [4.69, 9.17) is 18.3 Å². The topological polar surface area (TPSA) is 104 Å². The third kappa shape index (κ3) is 14.9. The molecule has 1 aromatic rings. The summed E-state index contributed by atoms with van der Waals surface area (Å²) in [6.45, 7) is 36.7. The number of allylic oxidation sites excluding steroid dienone is 2. The van der Waals surface area contributed by atoms with E-state index in [0.29, 0.717) is 6.61 Å². The zero-order valence-electron chi connectivity index (χ0n) is 37.6. The Morgan fingerprint density at radius 1 is 0.964 bits per heavy atom. The van der Waals surface area contributed by atoms with Gasteiger partial charge < -0.3 is 23.4 Å². The molecule has 2 heterocycles. The van der Waals surface area contributed by atoms with E-state index in [1.165, 1.54) is 11.1 Å². The fourth-order valence-corrected chi connectivity index (χ4v) is 9.67. The normalized spacial score (nSPS) is 19.6. The molecule has 55 heavy (non-hydrogen) atoms. The van der Waals surface area contributed by atoms with Gasteiger partial charge in [0, 0.05) is 23.3 Å². The molecule has 1 aliphatic rings. The Bertz CT molecular complexity index is 1510. The molecular weight excluding hydrogens is 743 g/mol. The molecule has 1 fully saturated rings. The van der Waals surface area contributed by atoms with E-state index in [1.54, 1.807) is 11.3 Å². The molecule has 0 amide bonds. The molecule has 2 rings (SSSR count). The van der Waals surface area contributed by atoms with Crippen molar-refractivity contribution in [2.24, 2.45) is 11.3 Å². The Balaban J connectivity index is 2.34. The Kier molecular flexibility index (Phi) is 18.2. The number of carboxylic acids is 1. The van der Waals surface area contributed by atoms with Gasteiger partial charge in [-0.25, -0.2) is 4.98 Å². The summed E-state index contributed by atoms with van der Waals surface area (Å²) < 4.78 is 26.3. The average Bonchev–Trinajstić information content (AvgIpc) is 3.47. The van der Waals surface area contributed by atoms with Crippen LogP contribution >= 0.6 is 11.3 Å². The lowest BCUT2D eigenvalue weighted by Crippen LogP contribution is -2.52. The first-order chi connectivity index (χ1) is 25.1. The summed E-state index contributed by atoms with van der Waals surface area (Å²) in [7, 11) is -4.43. The number of carbonyl (C=O) groups is 2. The predicted octanol–water partition coefficient (Wildman–Crippen LogP) is 12.3. The van der Waals surface area contributed by atoms with Crippen molar-refractivity contribution in [3.05, 3.63) is 45.0 Å². The van der Waals surface area contributed by atoms with Gasteiger partial charge in [0.2, 0.25) is 0 Å². The van der Waals surface area contributed by atoms with E-state index in [9.17, 15) is 14.7 Å². The van der Waals surface area contributed by atoms with E-state index < -0.39 is 46.1 Å². The highest BCUT2D eigenvalue weighted by Crippen LogP contribution is 2.42. The second-order valence-electron chi connectivity index (χ2n) is 19.5. The molecule has 1 aliphatic heterocycles. The number of hydrogen-bond acceptors (Lipinski definition) is 8. The third-order valence-corrected chi connectivity index (χ3v) is 22.0. The summed E-state index contributed by atoms with van der Waals surface area (Å²) in [5.74, 6) is -1.58. The van der Waals surface area contributed by atoms with Gasteiger partial charge in [0.05, 0.1) is 35.4 Å². The van der Waals surface area contributed by atoms with Crippen LogP contribution in [0.25, 0.3) is 6.08 Å². The van der Waals surface area contributed by atoms with E-state index in [0.717, 1.165) is 54.8 Å². The van der Waals surface area contributed by atoms with Gasteiger partial charge in [0.15, 0.2) is 22.9 Å². The molecule has 11 heteroatoms. The lowest BCUT2D eigenvalue weighted by atomic mass is 9.74. The lowest BCUT2D eigenvalue weighted by Gasteiger charge is -2.44. The number of thiazole rings is 1. The van der Waals surface area contributed by atoms with E-state index in [2.05, 4.69) is 110 Å². The number of nitrogens with zero attached hydrogens (tertiary/aromatic N) is 1. The lowest BCUT2D eigenvalue weighted by molar-refractivity contribution is -0.191. The van der Waals surface area contributed by atoms with Gasteiger partial charge >= 0.3 is 5.97 Å². The SMILES string of the molecule is C/C(=C\C[C@H](O[Si](C)(C)C(C)(C)C)/C(C)=C/c1csc(C)n1)CC/C=C(\C)[C@H](OC1CCCCO1)[C@@H](C)C(=O)C(C)(C)[C@H](CC(=O)O)O[Si](C)(C)C(C)(C)C. The molecule has 1 N–H and O–H groups in total. The first-order valence-electron chi connectivity index (χ1n) is 20.4. The van der Waals surface area contributed by atoms with Crippen molar-refractivity contribution in [2.45, 2.75) is 196 Å². The van der Waals surface area contributed by atoms with E-state index >= 15 is 0 Å². The second kappa shape index (κ2) is 20.3. The maximum atomic E-state index is 14.5. The highest BCUT2D eigenvalue weighted by Gasteiger charge is 2.48. The first-order valence-corrected chi connectivity index (χ1v) is 27.1. The minimum absolute atomic E-state index is 0.0378. The second-order valence-corrected chi connectivity index (χ2v) is 30.1. The number of ketones is 1. The number of ether oxygens (including phenoxy) is 2. The number of hydrogen-bond donors (Lipinski definition) is 1. The number of aryl methyl sites for hydroxylation is 1. The van der Waals surface area contributed by atoms with E-state index in [-0.39, 0.29) is 34.7 Å². The summed E-state index contributed by atoms with van der Waals surface area (Å²) >= 11 is 1.66. The Morgan fingerprint density at radius 3 is 2.07 bits per heavy atom. The molecule has 0 radical (unpaired) electrons. The van der Waals surface area contributed by atoms with Crippen molar-refractivity contribution in [3.8, 4) is 0 Å². The Hall–Kier alpha value is -1.74. The van der Waals surface area contributed by atoms with Crippen LogP contribution in [0, 0.1) is 18.3 Å². The van der Waals surface area contributed by atoms with Crippen LogP contribution < -0.4 is 0 Å². The van der Waals surface area contributed by atoms with Gasteiger partial charge in [0.25, 0.3) is 0 Å². The molecule has 1 unspecified atom stereocenters. The van der Waals surface area contributed by atoms with Crippen molar-refractivity contribution < 1.29 is 33.0 Å². The van der Waals surface area contributed by atoms with Gasteiger partial charge in [0.1, 0.15) is 5.78 Å². The number of aromatic nitrogens is 1. The maximum absolute atomic E-state index is 14.5. The molecule has 1 aromatic heterocycles. The van der Waals surface area contributed by atoms with Crippen LogP contribution in [-0.2, 0) is 27.9 Å². The van der Waals surface area contributed by atoms with Crippen LogP contribution in [0.2, 0.25) is 36.3 Å². The molecule has 8 nitrogen and oxygen atoms in total. The van der Waals surface area contributed by atoms with Gasteiger partial charge in [-0.2, -0.15) is 0 Å². The molecule has 0 aliphatic carbocycles. The monoisotopic (exact) mass is 819 g/mol. The minimum atomic E-state index is -2.39. The highest BCUT2D eigenvalue weighted by atomic mass is 32.1. The van der Waals surface area contributed by atoms with Crippen LogP contribution in [0.5, 0.6) is 0 Å². The molecule has 0 aromatic carbocycles. The van der Waals surface area contributed by atoms with Crippen LogP contribution in [0.15, 0.2) is 34.3 Å². The van der Waals surface area contributed by atoms with Crippen molar-refractivity contribution in [1.29, 1.82) is 0 Å². The number of carboxylic acid groups (broad SMARTS) is 1. The van der Waals surface area contributed by atoms with Crippen molar-refractivity contribution in [2.75, 3.05) is 6.61 Å². The van der Waals surface area contributed by atoms with Gasteiger partial charge in [-0.3, -0.25) is 9.59 Å². The zero-order chi connectivity index (χ0) is 42.2. The minimum Gasteiger partial charge on any atom is -0.481 e. The van der Waals surface area contributed by atoms with Crippen molar-refractivity contribution in [3.63, 3.8) is 0 Å². The summed E-state index contributed by atoms with van der Waals surface area (Å²) in [6.07, 6.45) is 9.96. The summed E-state index contributed by atoms with van der Waals surface area (Å²) in [4.78, 5) is 31.3. The van der Waals surface area contributed by atoms with Crippen LogP contribution in [0.1, 0.15) is 139 Å². The summed E-state index contributed by atoms with van der Waals surface area (Å²) in [5, 5.41) is 13.0. The molecular formula is C44H77NO7SSi2. The zero-order valence-corrected chi connectivity index (χ0v) is 40.4. The summed E-state index contributed by atoms with van der Waals surface area (Å²) in [6, 6.07) is 0. The highest BCUT2D eigenvalue weighted by molar-refractivity contribution is 7.09. The fraction of sp³-hybridized carbons (Fsp3) is 0.750. The molecule has 0 saturated carbocycles. The van der Waals surface area contributed by atoms with Gasteiger partial charge in [-0.1, -0.05) is 80.0 Å². The molecule has 5 atom stereocenters. The van der Waals surface area contributed by atoms with Crippen LogP contribution in [0.4, 0.5) is 0 Å². The third-order valence-electron chi connectivity index (χ3n) is 12.2. The number of rotatable bonds is 20. The quantitative estimate of drug-likeness (QED) is 0.102. The van der Waals surface area contributed by atoms with Gasteiger partial charge in [-0.15, -0.1) is 11.3 Å². The van der Waals surface area contributed by atoms with Crippen LogP contribution in [-0.4, -0.2) is 69.7 Å². The molecule has 314 valence electrons. The number of aliphatic carboxylic acids is 1. The molecule has 0 bridgehead atoms. The van der Waals surface area contributed by atoms with E-state index in [1.807, 2.05) is 34.6 Å². The fourth-order valence-electron chi connectivity index (χ4n) is 6.31. The molecule has 1 saturated heterocycles.